The van der Waals surface area contributed by atoms with Gasteiger partial charge in [0.15, 0.2) is 0 Å². The Balaban J connectivity index is 1.76. The van der Waals surface area contributed by atoms with Crippen molar-refractivity contribution in [3.8, 4) is 16.2 Å². The van der Waals surface area contributed by atoms with Crippen LogP contribution in [0.5, 0.6) is 5.75 Å². The number of benzene rings is 2. The number of nitrogens with one attached hydrogen (secondary N) is 1. The SMILES string of the molecule is COc1cc(-c2ccccc2)sc1C(=O)NCc1ccccc1CN(C)C. The van der Waals surface area contributed by atoms with E-state index in [0.717, 1.165) is 22.5 Å². The molecule has 0 aliphatic rings. The fraction of sp³-hybridized carbons (Fsp3) is 0.227. The van der Waals surface area contributed by atoms with Crippen LogP contribution in [0.2, 0.25) is 0 Å². The van der Waals surface area contributed by atoms with Gasteiger partial charge in [-0.2, -0.15) is 0 Å². The molecule has 0 aliphatic carbocycles. The van der Waals surface area contributed by atoms with Crippen LogP contribution in [0.15, 0.2) is 60.7 Å². The van der Waals surface area contributed by atoms with E-state index in [1.54, 1.807) is 7.11 Å². The highest BCUT2D eigenvalue weighted by Crippen LogP contribution is 2.36. The molecule has 0 aliphatic heterocycles. The van der Waals surface area contributed by atoms with E-state index in [1.165, 1.54) is 16.9 Å². The van der Waals surface area contributed by atoms with Crippen molar-refractivity contribution in [1.29, 1.82) is 0 Å². The molecule has 27 heavy (non-hydrogen) atoms. The second kappa shape index (κ2) is 8.84. The summed E-state index contributed by atoms with van der Waals surface area (Å²) >= 11 is 1.45. The molecule has 0 spiro atoms. The molecule has 0 saturated carbocycles. The molecule has 1 amide bonds. The average Bonchev–Trinajstić information content (AvgIpc) is 3.12. The van der Waals surface area contributed by atoms with Gasteiger partial charge in [-0.15, -0.1) is 11.3 Å². The quantitative estimate of drug-likeness (QED) is 0.660. The number of thiophene rings is 1. The average molecular weight is 381 g/mol. The van der Waals surface area contributed by atoms with Crippen LogP contribution in [0.1, 0.15) is 20.8 Å². The Kier molecular flexibility index (Phi) is 6.27. The van der Waals surface area contributed by atoms with Gasteiger partial charge in [0.05, 0.1) is 7.11 Å². The smallest absolute Gasteiger partial charge is 0.265 e. The number of nitrogens with zero attached hydrogens (tertiary/aromatic N) is 1. The zero-order valence-corrected chi connectivity index (χ0v) is 16.7. The predicted octanol–water partition coefficient (Wildman–Crippen LogP) is 4.42. The van der Waals surface area contributed by atoms with Crippen LogP contribution in [-0.4, -0.2) is 32.0 Å². The van der Waals surface area contributed by atoms with Crippen molar-refractivity contribution in [3.05, 3.63) is 76.7 Å². The number of methoxy groups -OCH3 is 1. The highest BCUT2D eigenvalue weighted by Gasteiger charge is 2.18. The van der Waals surface area contributed by atoms with Crippen molar-refractivity contribution >= 4 is 17.2 Å². The first-order valence-corrected chi connectivity index (χ1v) is 9.63. The Morgan fingerprint density at radius 2 is 1.70 bits per heavy atom. The van der Waals surface area contributed by atoms with Crippen LogP contribution in [0.4, 0.5) is 0 Å². The third-order valence-electron chi connectivity index (χ3n) is 4.23. The third-order valence-corrected chi connectivity index (χ3v) is 5.39. The maximum atomic E-state index is 12.8. The molecular weight excluding hydrogens is 356 g/mol. The van der Waals surface area contributed by atoms with Crippen molar-refractivity contribution < 1.29 is 9.53 Å². The summed E-state index contributed by atoms with van der Waals surface area (Å²) in [6.45, 7) is 1.33. The van der Waals surface area contributed by atoms with Crippen molar-refractivity contribution in [2.45, 2.75) is 13.1 Å². The van der Waals surface area contributed by atoms with Crippen molar-refractivity contribution in [2.24, 2.45) is 0 Å². The molecule has 2 aromatic carbocycles. The number of ether oxygens (including phenoxy) is 1. The summed E-state index contributed by atoms with van der Waals surface area (Å²) in [7, 11) is 5.67. The van der Waals surface area contributed by atoms with E-state index in [9.17, 15) is 4.79 Å². The van der Waals surface area contributed by atoms with Crippen molar-refractivity contribution in [1.82, 2.24) is 10.2 Å². The largest absolute Gasteiger partial charge is 0.495 e. The minimum atomic E-state index is -0.112. The number of hydrogen-bond acceptors (Lipinski definition) is 4. The fourth-order valence-corrected chi connectivity index (χ4v) is 3.96. The second-order valence-corrected chi connectivity index (χ2v) is 7.62. The van der Waals surface area contributed by atoms with E-state index >= 15 is 0 Å². The van der Waals surface area contributed by atoms with Crippen LogP contribution in [-0.2, 0) is 13.1 Å². The number of carbonyl (C=O) groups is 1. The normalized spacial score (nSPS) is 10.8. The van der Waals surface area contributed by atoms with Gasteiger partial charge in [-0.3, -0.25) is 4.79 Å². The molecule has 0 unspecified atom stereocenters. The van der Waals surface area contributed by atoms with Gasteiger partial charge in [-0.25, -0.2) is 0 Å². The molecule has 0 atom stereocenters. The van der Waals surface area contributed by atoms with Gasteiger partial charge in [-0.05, 0) is 36.9 Å². The summed E-state index contributed by atoms with van der Waals surface area (Å²) in [6.07, 6.45) is 0. The first-order valence-electron chi connectivity index (χ1n) is 8.81. The first kappa shape index (κ1) is 19.1. The third kappa shape index (κ3) is 4.76. The van der Waals surface area contributed by atoms with Crippen LogP contribution >= 0.6 is 11.3 Å². The molecule has 0 saturated heterocycles. The lowest BCUT2D eigenvalue weighted by Crippen LogP contribution is -2.23. The number of carbonyl (C=O) groups excluding carboxylic acids is 1. The molecule has 5 heteroatoms. The molecule has 0 fully saturated rings. The lowest BCUT2D eigenvalue weighted by molar-refractivity contribution is 0.0952. The minimum absolute atomic E-state index is 0.112. The molecule has 1 N–H and O–H groups in total. The summed E-state index contributed by atoms with van der Waals surface area (Å²) in [4.78, 5) is 16.5. The van der Waals surface area contributed by atoms with Crippen LogP contribution in [0.25, 0.3) is 10.4 Å². The second-order valence-electron chi connectivity index (χ2n) is 6.56. The summed E-state index contributed by atoms with van der Waals surface area (Å²) in [5.74, 6) is 0.497. The Bertz CT molecular complexity index is 904. The van der Waals surface area contributed by atoms with Gasteiger partial charge in [0.25, 0.3) is 5.91 Å². The molecule has 140 valence electrons. The summed E-state index contributed by atoms with van der Waals surface area (Å²) in [5, 5.41) is 3.04. The number of rotatable bonds is 7. The molecule has 1 heterocycles. The van der Waals surface area contributed by atoms with Gasteiger partial charge in [-0.1, -0.05) is 54.6 Å². The molecule has 3 rings (SSSR count). The maximum Gasteiger partial charge on any atom is 0.265 e. The Morgan fingerprint density at radius 3 is 2.37 bits per heavy atom. The zero-order valence-electron chi connectivity index (χ0n) is 15.9. The van der Waals surface area contributed by atoms with Crippen LogP contribution in [0.3, 0.4) is 0 Å². The summed E-state index contributed by atoms with van der Waals surface area (Å²) in [5.41, 5.74) is 3.42. The maximum absolute atomic E-state index is 12.8. The Morgan fingerprint density at radius 1 is 1.04 bits per heavy atom. The molecule has 3 aromatic rings. The number of amides is 1. The van der Waals surface area contributed by atoms with E-state index in [4.69, 9.17) is 4.74 Å². The predicted molar refractivity (Wildman–Crippen MR) is 111 cm³/mol. The standard InChI is InChI=1S/C22H24N2O2S/c1-24(2)15-18-12-8-7-11-17(18)14-23-22(25)21-19(26-3)13-20(27-21)16-9-5-4-6-10-16/h4-13H,14-15H2,1-3H3,(H,23,25). The summed E-state index contributed by atoms with van der Waals surface area (Å²) in [6, 6.07) is 20.1. The van der Waals surface area contributed by atoms with E-state index in [-0.39, 0.29) is 5.91 Å². The monoisotopic (exact) mass is 380 g/mol. The highest BCUT2D eigenvalue weighted by molar-refractivity contribution is 7.17. The van der Waals surface area contributed by atoms with E-state index in [0.29, 0.717) is 17.2 Å². The lowest BCUT2D eigenvalue weighted by Gasteiger charge is -2.14. The molecule has 0 radical (unpaired) electrons. The molecule has 1 aromatic heterocycles. The van der Waals surface area contributed by atoms with Gasteiger partial charge in [0.2, 0.25) is 0 Å². The minimum Gasteiger partial charge on any atom is -0.495 e. The van der Waals surface area contributed by atoms with Crippen LogP contribution in [0, 0.1) is 0 Å². The van der Waals surface area contributed by atoms with E-state index in [1.807, 2.05) is 62.6 Å². The van der Waals surface area contributed by atoms with E-state index < -0.39 is 0 Å². The molecular formula is C22H24N2O2S. The van der Waals surface area contributed by atoms with Crippen LogP contribution < -0.4 is 10.1 Å². The van der Waals surface area contributed by atoms with E-state index in [2.05, 4.69) is 22.3 Å². The van der Waals surface area contributed by atoms with Gasteiger partial charge >= 0.3 is 0 Å². The first-order chi connectivity index (χ1) is 13.1. The summed E-state index contributed by atoms with van der Waals surface area (Å²) < 4.78 is 5.44. The fourth-order valence-electron chi connectivity index (χ4n) is 2.91. The molecule has 4 nitrogen and oxygen atoms in total. The Labute approximate surface area is 164 Å². The number of hydrogen-bond donors (Lipinski definition) is 1. The molecule has 0 bridgehead atoms. The van der Waals surface area contributed by atoms with Crippen molar-refractivity contribution in [3.63, 3.8) is 0 Å². The lowest BCUT2D eigenvalue weighted by atomic mass is 10.1. The van der Waals surface area contributed by atoms with Gasteiger partial charge in [0, 0.05) is 18.0 Å². The van der Waals surface area contributed by atoms with Crippen molar-refractivity contribution in [2.75, 3.05) is 21.2 Å². The van der Waals surface area contributed by atoms with Gasteiger partial charge < -0.3 is 15.0 Å². The zero-order chi connectivity index (χ0) is 19.2. The van der Waals surface area contributed by atoms with Gasteiger partial charge in [0.1, 0.15) is 10.6 Å². The topological polar surface area (TPSA) is 41.6 Å². The highest BCUT2D eigenvalue weighted by atomic mass is 32.1. The Hall–Kier alpha value is -2.63.